The van der Waals surface area contributed by atoms with Crippen LogP contribution in [0.2, 0.25) is 0 Å². The van der Waals surface area contributed by atoms with Gasteiger partial charge >= 0.3 is 5.97 Å². The molecular weight excluding hydrogens is 340 g/mol. The Kier molecular flexibility index (Phi) is 4.35. The van der Waals surface area contributed by atoms with Crippen LogP contribution < -0.4 is 0 Å². The highest BCUT2D eigenvalue weighted by molar-refractivity contribution is 7.18. The van der Waals surface area contributed by atoms with Crippen LogP contribution in [0.25, 0.3) is 10.2 Å². The summed E-state index contributed by atoms with van der Waals surface area (Å²) in [5.41, 5.74) is 1.02. The van der Waals surface area contributed by atoms with Crippen molar-refractivity contribution in [1.82, 2.24) is 9.88 Å². The van der Waals surface area contributed by atoms with Crippen LogP contribution in [-0.4, -0.2) is 34.0 Å². The lowest BCUT2D eigenvalue weighted by Gasteiger charge is -2.35. The lowest BCUT2D eigenvalue weighted by atomic mass is 9.96. The Morgan fingerprint density at radius 3 is 2.92 bits per heavy atom. The van der Waals surface area contributed by atoms with Crippen LogP contribution >= 0.6 is 22.7 Å². The topological polar surface area (TPSA) is 53.4 Å². The Labute approximate surface area is 148 Å². The molecule has 124 valence electrons. The first-order valence-corrected chi connectivity index (χ1v) is 9.78. The Morgan fingerprint density at radius 1 is 1.29 bits per heavy atom. The summed E-state index contributed by atoms with van der Waals surface area (Å²) in [7, 11) is 0. The second-order valence-electron chi connectivity index (χ2n) is 6.11. The third kappa shape index (κ3) is 2.97. The number of hydrogen-bond acceptors (Lipinski definition) is 5. The van der Waals surface area contributed by atoms with E-state index >= 15 is 0 Å². The van der Waals surface area contributed by atoms with Gasteiger partial charge in [0.2, 0.25) is 0 Å². The average molecular weight is 358 g/mol. The number of fused-ring (bicyclic) bond motifs is 1. The summed E-state index contributed by atoms with van der Waals surface area (Å²) in [6, 6.07) is 12.4. The van der Waals surface area contributed by atoms with Gasteiger partial charge in [0.25, 0.3) is 0 Å². The van der Waals surface area contributed by atoms with Crippen molar-refractivity contribution in [3.63, 3.8) is 0 Å². The number of thiazole rings is 1. The third-order valence-electron chi connectivity index (χ3n) is 4.52. The highest BCUT2D eigenvalue weighted by Crippen LogP contribution is 2.38. The fraction of sp³-hybridized carbons (Fsp3) is 0.333. The molecule has 3 heterocycles. The summed E-state index contributed by atoms with van der Waals surface area (Å²) in [5, 5.41) is 12.6. The van der Waals surface area contributed by atoms with E-state index in [2.05, 4.69) is 28.5 Å². The minimum absolute atomic E-state index is 0.0598. The number of rotatable bonds is 4. The number of carboxylic acids is 1. The fourth-order valence-corrected chi connectivity index (χ4v) is 5.41. The number of para-hydroxylation sites is 1. The molecule has 1 aromatic carbocycles. The molecule has 1 N–H and O–H groups in total. The Balaban J connectivity index is 1.73. The van der Waals surface area contributed by atoms with Crippen LogP contribution in [0.15, 0.2) is 41.8 Å². The second kappa shape index (κ2) is 6.63. The summed E-state index contributed by atoms with van der Waals surface area (Å²) in [6.45, 7) is 1.51. The van der Waals surface area contributed by atoms with E-state index in [0.29, 0.717) is 6.54 Å². The highest BCUT2D eigenvalue weighted by Gasteiger charge is 2.33. The molecule has 1 fully saturated rings. The van der Waals surface area contributed by atoms with Crippen molar-refractivity contribution in [1.29, 1.82) is 0 Å². The van der Waals surface area contributed by atoms with Gasteiger partial charge < -0.3 is 5.11 Å². The van der Waals surface area contributed by atoms with Crippen LogP contribution in [0.4, 0.5) is 0 Å². The molecule has 4 rings (SSSR count). The SMILES string of the molecule is O=C(O)C1CCCN(C(c2cccs2)c2nc3ccccc3s2)C1. The van der Waals surface area contributed by atoms with E-state index in [1.54, 1.807) is 22.7 Å². The largest absolute Gasteiger partial charge is 0.481 e. The molecule has 4 nitrogen and oxygen atoms in total. The van der Waals surface area contributed by atoms with Crippen molar-refractivity contribution in [3.05, 3.63) is 51.7 Å². The van der Waals surface area contributed by atoms with E-state index in [1.807, 2.05) is 18.2 Å². The summed E-state index contributed by atoms with van der Waals surface area (Å²) in [4.78, 5) is 19.8. The van der Waals surface area contributed by atoms with Gasteiger partial charge in [0.05, 0.1) is 22.2 Å². The standard InChI is InChI=1S/C18H18N2O2S2/c21-18(22)12-5-3-9-20(11-12)16(15-8-4-10-23-15)17-19-13-6-1-2-7-14(13)24-17/h1-2,4,6-8,10,12,16H,3,5,9,11H2,(H,21,22). The van der Waals surface area contributed by atoms with Crippen molar-refractivity contribution in [3.8, 4) is 0 Å². The van der Waals surface area contributed by atoms with Crippen LogP contribution in [0.5, 0.6) is 0 Å². The molecule has 2 atom stereocenters. The molecule has 0 radical (unpaired) electrons. The Bertz CT molecular complexity index is 811. The van der Waals surface area contributed by atoms with Gasteiger partial charge in [0, 0.05) is 11.4 Å². The summed E-state index contributed by atoms with van der Waals surface area (Å²) in [6.07, 6.45) is 1.69. The van der Waals surface area contributed by atoms with Crippen molar-refractivity contribution in [2.75, 3.05) is 13.1 Å². The predicted molar refractivity (Wildman–Crippen MR) is 97.7 cm³/mol. The van der Waals surface area contributed by atoms with Gasteiger partial charge in [-0.1, -0.05) is 18.2 Å². The Morgan fingerprint density at radius 2 is 2.17 bits per heavy atom. The zero-order valence-electron chi connectivity index (χ0n) is 13.1. The molecule has 6 heteroatoms. The monoisotopic (exact) mass is 358 g/mol. The maximum Gasteiger partial charge on any atom is 0.307 e. The predicted octanol–water partition coefficient (Wildman–Crippen LogP) is 4.24. The minimum atomic E-state index is -0.686. The number of carboxylic acid groups (broad SMARTS) is 1. The van der Waals surface area contributed by atoms with Crippen LogP contribution in [-0.2, 0) is 4.79 Å². The van der Waals surface area contributed by atoms with Crippen molar-refractivity contribution < 1.29 is 9.90 Å². The second-order valence-corrected chi connectivity index (χ2v) is 8.15. The van der Waals surface area contributed by atoms with Gasteiger partial charge in [-0.15, -0.1) is 22.7 Å². The van der Waals surface area contributed by atoms with Crippen LogP contribution in [0.1, 0.15) is 28.8 Å². The van der Waals surface area contributed by atoms with Crippen LogP contribution in [0.3, 0.4) is 0 Å². The zero-order chi connectivity index (χ0) is 16.5. The molecule has 0 amide bonds. The molecular formula is C18H18N2O2S2. The van der Waals surface area contributed by atoms with Crippen molar-refractivity contribution in [2.45, 2.75) is 18.9 Å². The molecule has 2 aromatic heterocycles. The van der Waals surface area contributed by atoms with Gasteiger partial charge in [-0.2, -0.15) is 0 Å². The van der Waals surface area contributed by atoms with Gasteiger partial charge in [-0.05, 0) is 43.0 Å². The van der Waals surface area contributed by atoms with Crippen molar-refractivity contribution >= 4 is 38.9 Å². The van der Waals surface area contributed by atoms with E-state index < -0.39 is 5.97 Å². The van der Waals surface area contributed by atoms with Crippen molar-refractivity contribution in [2.24, 2.45) is 5.92 Å². The number of aliphatic carboxylic acids is 1. The molecule has 1 aliphatic rings. The van der Waals surface area contributed by atoms with Gasteiger partial charge in [-0.25, -0.2) is 4.98 Å². The molecule has 0 bridgehead atoms. The molecule has 24 heavy (non-hydrogen) atoms. The van der Waals surface area contributed by atoms with Gasteiger partial charge in [0.1, 0.15) is 5.01 Å². The molecule has 0 spiro atoms. The van der Waals surface area contributed by atoms with E-state index in [9.17, 15) is 9.90 Å². The summed E-state index contributed by atoms with van der Waals surface area (Å²) in [5.74, 6) is -0.968. The maximum absolute atomic E-state index is 11.4. The number of aromatic nitrogens is 1. The smallest absolute Gasteiger partial charge is 0.307 e. The third-order valence-corrected chi connectivity index (χ3v) is 6.54. The molecule has 0 aliphatic carbocycles. The number of likely N-dealkylation sites (tertiary alicyclic amines) is 1. The van der Waals surface area contributed by atoms with Crippen LogP contribution in [0, 0.1) is 5.92 Å². The molecule has 1 saturated heterocycles. The number of benzene rings is 1. The first kappa shape index (κ1) is 15.7. The molecule has 0 saturated carbocycles. The fourth-order valence-electron chi connectivity index (χ4n) is 3.35. The summed E-state index contributed by atoms with van der Waals surface area (Å²) < 4.78 is 1.18. The van der Waals surface area contributed by atoms with Gasteiger partial charge in [0.15, 0.2) is 0 Å². The van der Waals surface area contributed by atoms with E-state index in [-0.39, 0.29) is 12.0 Å². The first-order chi connectivity index (χ1) is 11.7. The highest BCUT2D eigenvalue weighted by atomic mass is 32.1. The molecule has 2 unspecified atom stereocenters. The normalized spacial score (nSPS) is 20.2. The van der Waals surface area contributed by atoms with Gasteiger partial charge in [-0.3, -0.25) is 9.69 Å². The Hall–Kier alpha value is -1.76. The molecule has 1 aliphatic heterocycles. The lowest BCUT2D eigenvalue weighted by Crippen LogP contribution is -2.41. The maximum atomic E-state index is 11.4. The van der Waals surface area contributed by atoms with E-state index in [4.69, 9.17) is 4.98 Å². The van der Waals surface area contributed by atoms with E-state index in [0.717, 1.165) is 29.9 Å². The lowest BCUT2D eigenvalue weighted by molar-refractivity contribution is -0.143. The number of piperidine rings is 1. The zero-order valence-corrected chi connectivity index (χ0v) is 14.7. The summed E-state index contributed by atoms with van der Waals surface area (Å²) >= 11 is 3.43. The van der Waals surface area contributed by atoms with E-state index in [1.165, 1.54) is 9.58 Å². The minimum Gasteiger partial charge on any atom is -0.481 e. The number of carbonyl (C=O) groups is 1. The first-order valence-electron chi connectivity index (χ1n) is 8.08. The average Bonchev–Trinajstić information content (AvgIpc) is 3.25. The number of thiophene rings is 1. The quantitative estimate of drug-likeness (QED) is 0.758. The molecule has 3 aromatic rings. The number of nitrogens with zero attached hydrogens (tertiary/aromatic N) is 2. The number of hydrogen-bond donors (Lipinski definition) is 1.